The molecular weight excluding hydrogens is 396 g/mol. The van der Waals surface area contributed by atoms with Gasteiger partial charge < -0.3 is 18.8 Å². The van der Waals surface area contributed by atoms with E-state index in [4.69, 9.17) is 13.9 Å². The molecule has 3 rings (SSSR count). The summed E-state index contributed by atoms with van der Waals surface area (Å²) in [4.78, 5) is 26.8. The molecule has 7 nitrogen and oxygen atoms in total. The minimum absolute atomic E-state index is 0.0131. The highest BCUT2D eigenvalue weighted by atomic mass is 16.5. The molecule has 0 aliphatic carbocycles. The molecule has 1 aromatic heterocycles. The number of likely N-dealkylation sites (tertiary alicyclic amines) is 1. The van der Waals surface area contributed by atoms with Crippen molar-refractivity contribution in [3.05, 3.63) is 53.0 Å². The van der Waals surface area contributed by atoms with Crippen LogP contribution >= 0.6 is 0 Å². The van der Waals surface area contributed by atoms with Crippen molar-refractivity contribution in [3.63, 3.8) is 0 Å². The van der Waals surface area contributed by atoms with E-state index in [-0.39, 0.29) is 18.1 Å². The Kier molecular flexibility index (Phi) is 7.50. The minimum Gasteiger partial charge on any atom is -0.490 e. The summed E-state index contributed by atoms with van der Waals surface area (Å²) in [5, 5.41) is 9.48. The molecule has 1 aliphatic rings. The van der Waals surface area contributed by atoms with Crippen LogP contribution in [0.5, 0.6) is 11.5 Å². The number of amides is 1. The fourth-order valence-corrected chi connectivity index (χ4v) is 3.46. The number of ketones is 1. The van der Waals surface area contributed by atoms with E-state index < -0.39 is 5.78 Å². The first kappa shape index (κ1) is 22.2. The molecule has 1 amide bonds. The molecule has 1 fully saturated rings. The number of ether oxygens (including phenoxy) is 2. The molecule has 0 spiro atoms. The van der Waals surface area contributed by atoms with Gasteiger partial charge in [0, 0.05) is 13.1 Å². The normalized spacial score (nSPS) is 14.1. The quantitative estimate of drug-likeness (QED) is 0.360. The average Bonchev–Trinajstić information content (AvgIpc) is 3.22. The summed E-state index contributed by atoms with van der Waals surface area (Å²) < 4.78 is 16.6. The van der Waals surface area contributed by atoms with Gasteiger partial charge >= 0.3 is 0 Å². The fraction of sp³-hybridized carbons (Fsp3) is 0.375. The third-order valence-corrected chi connectivity index (χ3v) is 5.11. The van der Waals surface area contributed by atoms with Crippen molar-refractivity contribution >= 4 is 17.8 Å². The van der Waals surface area contributed by atoms with Gasteiger partial charge in [-0.15, -0.1) is 0 Å². The van der Waals surface area contributed by atoms with Gasteiger partial charge in [-0.3, -0.25) is 9.59 Å². The van der Waals surface area contributed by atoms with Gasteiger partial charge in [-0.25, -0.2) is 0 Å². The van der Waals surface area contributed by atoms with Crippen molar-refractivity contribution in [2.24, 2.45) is 0 Å². The Morgan fingerprint density at radius 2 is 1.94 bits per heavy atom. The Morgan fingerprint density at radius 1 is 1.16 bits per heavy atom. The zero-order valence-electron chi connectivity index (χ0n) is 17.8. The van der Waals surface area contributed by atoms with Crippen molar-refractivity contribution in [2.75, 3.05) is 26.3 Å². The molecule has 0 N–H and O–H groups in total. The summed E-state index contributed by atoms with van der Waals surface area (Å²) >= 11 is 0. The first-order valence-electron chi connectivity index (χ1n) is 10.4. The molecule has 1 aliphatic heterocycles. The summed E-state index contributed by atoms with van der Waals surface area (Å²) in [7, 11) is 0. The van der Waals surface area contributed by atoms with Crippen LogP contribution in [-0.4, -0.2) is 42.9 Å². The summed E-state index contributed by atoms with van der Waals surface area (Å²) in [6.07, 6.45) is 6.12. The lowest BCUT2D eigenvalue weighted by molar-refractivity contribution is -0.134. The highest BCUT2D eigenvalue weighted by Crippen LogP contribution is 2.30. The van der Waals surface area contributed by atoms with E-state index in [1.165, 1.54) is 12.3 Å². The van der Waals surface area contributed by atoms with Crippen molar-refractivity contribution in [2.45, 2.75) is 33.1 Å². The number of aryl methyl sites for hydroxylation is 1. The summed E-state index contributed by atoms with van der Waals surface area (Å²) in [5.41, 5.74) is 0.958. The molecule has 2 heterocycles. The standard InChI is InChI=1S/C24H26N2O5/c1-3-29-22-14-18(13-19(15-25)24(28)20-9-12-30-17(20)2)7-8-21(22)31-16-23(27)26-10-5-4-6-11-26/h7-9,12-14H,3-6,10-11,16H2,1-2H3/b19-13+. The van der Waals surface area contributed by atoms with Crippen molar-refractivity contribution in [3.8, 4) is 17.6 Å². The van der Waals surface area contributed by atoms with Crippen molar-refractivity contribution in [1.82, 2.24) is 4.90 Å². The number of piperidine rings is 1. The van der Waals surface area contributed by atoms with Gasteiger partial charge in [0.2, 0.25) is 5.78 Å². The van der Waals surface area contributed by atoms with E-state index in [0.717, 1.165) is 32.4 Å². The predicted octanol–water partition coefficient (Wildman–Crippen LogP) is 4.17. The number of rotatable bonds is 8. The van der Waals surface area contributed by atoms with Crippen LogP contribution in [0.1, 0.15) is 47.9 Å². The van der Waals surface area contributed by atoms with E-state index in [9.17, 15) is 14.9 Å². The van der Waals surface area contributed by atoms with Crippen LogP contribution in [0.2, 0.25) is 0 Å². The van der Waals surface area contributed by atoms with Gasteiger partial charge in [0.25, 0.3) is 5.91 Å². The second-order valence-electron chi connectivity index (χ2n) is 7.26. The second kappa shape index (κ2) is 10.5. The first-order chi connectivity index (χ1) is 15.0. The molecule has 0 bridgehead atoms. The average molecular weight is 422 g/mol. The zero-order chi connectivity index (χ0) is 22.2. The predicted molar refractivity (Wildman–Crippen MR) is 115 cm³/mol. The lowest BCUT2D eigenvalue weighted by Crippen LogP contribution is -2.38. The third kappa shape index (κ3) is 5.54. The monoisotopic (exact) mass is 422 g/mol. The maximum absolute atomic E-state index is 12.6. The molecular formula is C24H26N2O5. The van der Waals surface area contributed by atoms with E-state index in [2.05, 4.69) is 0 Å². The highest BCUT2D eigenvalue weighted by Gasteiger charge is 2.19. The molecule has 0 unspecified atom stereocenters. The van der Waals surface area contributed by atoms with Crippen LogP contribution in [0.4, 0.5) is 0 Å². The summed E-state index contributed by atoms with van der Waals surface area (Å²) in [6.45, 7) is 5.40. The molecule has 1 aromatic carbocycles. The van der Waals surface area contributed by atoms with Gasteiger partial charge in [0.05, 0.1) is 18.4 Å². The molecule has 0 atom stereocenters. The molecule has 31 heavy (non-hydrogen) atoms. The number of allylic oxidation sites excluding steroid dienone is 1. The van der Waals surface area contributed by atoms with Gasteiger partial charge in [0.15, 0.2) is 18.1 Å². The number of furan rings is 1. The van der Waals surface area contributed by atoms with Gasteiger partial charge in [-0.05, 0) is 62.9 Å². The van der Waals surface area contributed by atoms with E-state index in [1.54, 1.807) is 31.2 Å². The van der Waals surface area contributed by atoms with E-state index in [0.29, 0.717) is 35.0 Å². The maximum atomic E-state index is 12.6. The van der Waals surface area contributed by atoms with Crippen molar-refractivity contribution in [1.29, 1.82) is 5.26 Å². The van der Waals surface area contributed by atoms with E-state index in [1.807, 2.05) is 17.9 Å². The lowest BCUT2D eigenvalue weighted by Gasteiger charge is -2.26. The number of hydrogen-bond donors (Lipinski definition) is 0. The Morgan fingerprint density at radius 3 is 2.58 bits per heavy atom. The number of Topliss-reactive ketones (excluding diaryl/α,β-unsaturated/α-hetero) is 1. The Hall–Kier alpha value is -3.53. The number of benzene rings is 1. The fourth-order valence-electron chi connectivity index (χ4n) is 3.46. The largest absolute Gasteiger partial charge is 0.490 e. The zero-order valence-corrected chi connectivity index (χ0v) is 17.8. The molecule has 0 saturated carbocycles. The number of carbonyl (C=O) groups excluding carboxylic acids is 2. The number of carbonyl (C=O) groups is 2. The maximum Gasteiger partial charge on any atom is 0.260 e. The van der Waals surface area contributed by atoms with Gasteiger partial charge in [-0.1, -0.05) is 6.07 Å². The lowest BCUT2D eigenvalue weighted by atomic mass is 10.0. The highest BCUT2D eigenvalue weighted by molar-refractivity contribution is 6.14. The SMILES string of the molecule is CCOc1cc(/C=C(\C#N)C(=O)c2ccoc2C)ccc1OCC(=O)N1CCCCC1. The molecule has 162 valence electrons. The van der Waals surface area contributed by atoms with Gasteiger partial charge in [-0.2, -0.15) is 5.26 Å². The van der Waals surface area contributed by atoms with Crippen LogP contribution in [0.25, 0.3) is 6.08 Å². The number of nitriles is 1. The molecule has 2 aromatic rings. The Labute approximate surface area is 181 Å². The first-order valence-corrected chi connectivity index (χ1v) is 10.4. The third-order valence-electron chi connectivity index (χ3n) is 5.11. The Bertz CT molecular complexity index is 1010. The van der Waals surface area contributed by atoms with Crippen LogP contribution in [-0.2, 0) is 4.79 Å². The summed E-state index contributed by atoms with van der Waals surface area (Å²) in [6, 6.07) is 8.60. The number of nitrogens with zero attached hydrogens (tertiary/aromatic N) is 2. The topological polar surface area (TPSA) is 92.8 Å². The molecule has 1 saturated heterocycles. The van der Waals surface area contributed by atoms with Crippen LogP contribution < -0.4 is 9.47 Å². The van der Waals surface area contributed by atoms with Crippen LogP contribution in [0.15, 0.2) is 40.5 Å². The second-order valence-corrected chi connectivity index (χ2v) is 7.26. The smallest absolute Gasteiger partial charge is 0.260 e. The number of hydrogen-bond acceptors (Lipinski definition) is 6. The molecule has 7 heteroatoms. The van der Waals surface area contributed by atoms with E-state index >= 15 is 0 Å². The summed E-state index contributed by atoms with van der Waals surface area (Å²) in [5.74, 6) is 0.910. The molecule has 0 radical (unpaired) electrons. The Balaban J connectivity index is 1.76. The van der Waals surface area contributed by atoms with Crippen LogP contribution in [0, 0.1) is 18.3 Å². The van der Waals surface area contributed by atoms with Crippen molar-refractivity contribution < 1.29 is 23.5 Å². The minimum atomic E-state index is -0.404. The van der Waals surface area contributed by atoms with Gasteiger partial charge in [0.1, 0.15) is 17.4 Å². The van der Waals surface area contributed by atoms with Crippen LogP contribution in [0.3, 0.4) is 0 Å².